The van der Waals surface area contributed by atoms with Gasteiger partial charge in [-0.3, -0.25) is 9.59 Å². The lowest BCUT2D eigenvalue weighted by molar-refractivity contribution is -0.133. The smallest absolute Gasteiger partial charge is 0.317 e. The summed E-state index contributed by atoms with van der Waals surface area (Å²) in [6.07, 6.45) is 0.0914. The van der Waals surface area contributed by atoms with Gasteiger partial charge in [0, 0.05) is 11.1 Å². The van der Waals surface area contributed by atoms with Crippen molar-refractivity contribution in [3.63, 3.8) is 0 Å². The van der Waals surface area contributed by atoms with Gasteiger partial charge in [0.1, 0.15) is 16.5 Å². The van der Waals surface area contributed by atoms with Gasteiger partial charge in [-0.2, -0.15) is 0 Å². The summed E-state index contributed by atoms with van der Waals surface area (Å²) in [5, 5.41) is 7.56. The molecule has 0 aliphatic carbocycles. The first-order valence-corrected chi connectivity index (χ1v) is 11.1. The Hall–Kier alpha value is -3.49. The number of esters is 1. The van der Waals surface area contributed by atoms with E-state index in [2.05, 4.69) is 10.3 Å². The molecule has 0 saturated carbocycles. The number of para-hydroxylation sites is 1. The number of hydrogen-bond acceptors (Lipinski definition) is 7. The zero-order valence-electron chi connectivity index (χ0n) is 16.5. The maximum absolute atomic E-state index is 12.5. The maximum Gasteiger partial charge on any atom is 0.317 e. The Morgan fingerprint density at radius 1 is 1.00 bits per heavy atom. The van der Waals surface area contributed by atoms with E-state index in [0.717, 1.165) is 9.88 Å². The normalized spacial score (nSPS) is 10.5. The molecule has 2 aromatic heterocycles. The third kappa shape index (κ3) is 5.17. The second-order valence-electron chi connectivity index (χ2n) is 6.45. The van der Waals surface area contributed by atoms with Crippen molar-refractivity contribution in [1.82, 2.24) is 4.98 Å². The summed E-state index contributed by atoms with van der Waals surface area (Å²) in [6.45, 7) is 0. The van der Waals surface area contributed by atoms with Crippen molar-refractivity contribution in [3.8, 4) is 21.4 Å². The lowest BCUT2D eigenvalue weighted by atomic mass is 10.2. The van der Waals surface area contributed by atoms with Gasteiger partial charge < -0.3 is 14.8 Å². The van der Waals surface area contributed by atoms with Crippen LogP contribution in [-0.2, 0) is 11.2 Å². The van der Waals surface area contributed by atoms with Crippen LogP contribution in [0.3, 0.4) is 0 Å². The number of nitrogens with zero attached hydrogens (tertiary/aromatic N) is 1. The molecule has 0 aliphatic heterocycles. The van der Waals surface area contributed by atoms with Crippen LogP contribution in [0.5, 0.6) is 11.5 Å². The molecule has 4 rings (SSSR count). The number of anilines is 1. The minimum atomic E-state index is -0.395. The Morgan fingerprint density at radius 2 is 1.81 bits per heavy atom. The highest BCUT2D eigenvalue weighted by Crippen LogP contribution is 2.28. The molecule has 0 saturated heterocycles. The van der Waals surface area contributed by atoms with Crippen molar-refractivity contribution in [2.24, 2.45) is 0 Å². The van der Waals surface area contributed by atoms with E-state index in [1.165, 1.54) is 18.4 Å². The molecule has 0 bridgehead atoms. The first kappa shape index (κ1) is 20.8. The van der Waals surface area contributed by atoms with Gasteiger partial charge in [-0.25, -0.2) is 4.98 Å². The zero-order chi connectivity index (χ0) is 21.6. The Morgan fingerprint density at radius 3 is 2.55 bits per heavy atom. The number of ether oxygens (including phenoxy) is 2. The highest BCUT2D eigenvalue weighted by atomic mass is 32.1. The third-order valence-corrected chi connectivity index (χ3v) is 6.23. The van der Waals surface area contributed by atoms with Crippen molar-refractivity contribution >= 4 is 40.2 Å². The monoisotopic (exact) mass is 450 g/mol. The first-order chi connectivity index (χ1) is 15.1. The average molecular weight is 451 g/mol. The molecule has 2 aromatic carbocycles. The molecule has 1 amide bonds. The van der Waals surface area contributed by atoms with Crippen molar-refractivity contribution in [1.29, 1.82) is 0 Å². The number of amides is 1. The number of carbonyl (C=O) groups is 2. The summed E-state index contributed by atoms with van der Waals surface area (Å²) in [7, 11) is 1.52. The van der Waals surface area contributed by atoms with Crippen LogP contribution in [0.25, 0.3) is 9.88 Å². The highest BCUT2D eigenvalue weighted by Gasteiger charge is 2.13. The molecule has 2 heterocycles. The largest absolute Gasteiger partial charge is 0.496 e. The SMILES string of the molecule is COc1ccccc1C(=O)Nc1ccc(OC(=O)Cc2csc(-c3cccs3)n2)cc1. The van der Waals surface area contributed by atoms with Crippen LogP contribution in [0.15, 0.2) is 71.4 Å². The molecule has 156 valence electrons. The van der Waals surface area contributed by atoms with Crippen LogP contribution in [0.2, 0.25) is 0 Å². The number of thiazole rings is 1. The number of aromatic nitrogens is 1. The molecule has 4 aromatic rings. The fourth-order valence-corrected chi connectivity index (χ4v) is 4.49. The summed E-state index contributed by atoms with van der Waals surface area (Å²) in [6, 6.07) is 17.6. The predicted octanol–water partition coefficient (Wildman–Crippen LogP) is 5.28. The lowest BCUT2D eigenvalue weighted by Crippen LogP contribution is -2.13. The van der Waals surface area contributed by atoms with Gasteiger partial charge in [-0.1, -0.05) is 18.2 Å². The zero-order valence-corrected chi connectivity index (χ0v) is 18.2. The second kappa shape index (κ2) is 9.55. The molecule has 8 heteroatoms. The van der Waals surface area contributed by atoms with Crippen LogP contribution < -0.4 is 14.8 Å². The second-order valence-corrected chi connectivity index (χ2v) is 8.26. The predicted molar refractivity (Wildman–Crippen MR) is 122 cm³/mol. The van der Waals surface area contributed by atoms with Gasteiger partial charge >= 0.3 is 5.97 Å². The van der Waals surface area contributed by atoms with Crippen molar-refractivity contribution in [3.05, 3.63) is 82.7 Å². The number of rotatable bonds is 7. The molecular formula is C23H18N2O4S2. The van der Waals surface area contributed by atoms with Gasteiger partial charge in [-0.15, -0.1) is 22.7 Å². The van der Waals surface area contributed by atoms with E-state index >= 15 is 0 Å². The van der Waals surface area contributed by atoms with E-state index in [9.17, 15) is 9.59 Å². The summed E-state index contributed by atoms with van der Waals surface area (Å²) >= 11 is 3.12. The summed E-state index contributed by atoms with van der Waals surface area (Å²) < 4.78 is 10.6. The Bertz CT molecular complexity index is 1180. The topological polar surface area (TPSA) is 77.5 Å². The molecular weight excluding hydrogens is 432 g/mol. The number of benzene rings is 2. The van der Waals surface area contributed by atoms with E-state index in [4.69, 9.17) is 9.47 Å². The fraction of sp³-hybridized carbons (Fsp3) is 0.0870. The van der Waals surface area contributed by atoms with E-state index < -0.39 is 5.97 Å². The Kier molecular flexibility index (Phi) is 6.40. The van der Waals surface area contributed by atoms with Crippen molar-refractivity contribution in [2.45, 2.75) is 6.42 Å². The molecule has 6 nitrogen and oxygen atoms in total. The minimum Gasteiger partial charge on any atom is -0.496 e. The maximum atomic E-state index is 12.5. The number of methoxy groups -OCH3 is 1. The van der Waals surface area contributed by atoms with E-state index in [1.807, 2.05) is 22.9 Å². The highest BCUT2D eigenvalue weighted by molar-refractivity contribution is 7.20. The molecule has 0 atom stereocenters. The molecule has 1 N–H and O–H groups in total. The van der Waals surface area contributed by atoms with E-state index in [0.29, 0.717) is 28.4 Å². The molecule has 0 aliphatic rings. The van der Waals surface area contributed by atoms with Crippen LogP contribution in [0.4, 0.5) is 5.69 Å². The quantitative estimate of drug-likeness (QED) is 0.306. The average Bonchev–Trinajstić information content (AvgIpc) is 3.47. The number of carbonyl (C=O) groups excluding carboxylic acids is 2. The molecule has 0 fully saturated rings. The van der Waals surface area contributed by atoms with E-state index in [-0.39, 0.29) is 12.3 Å². The van der Waals surface area contributed by atoms with Gasteiger partial charge in [-0.05, 0) is 47.8 Å². The van der Waals surface area contributed by atoms with Gasteiger partial charge in [0.2, 0.25) is 0 Å². The standard InChI is InChI=1S/C23H18N2O4S2/c1-28-19-6-3-2-5-18(19)22(27)24-15-8-10-17(11-9-15)29-21(26)13-16-14-31-23(25-16)20-7-4-12-30-20/h2-12,14H,13H2,1H3,(H,24,27). The van der Waals surface area contributed by atoms with Gasteiger partial charge in [0.05, 0.1) is 29.7 Å². The third-order valence-electron chi connectivity index (χ3n) is 4.30. The summed E-state index contributed by atoms with van der Waals surface area (Å²) in [5.74, 6) is 0.213. The van der Waals surface area contributed by atoms with Crippen LogP contribution >= 0.6 is 22.7 Å². The number of thiophene rings is 1. The molecule has 31 heavy (non-hydrogen) atoms. The Balaban J connectivity index is 1.34. The number of nitrogens with one attached hydrogen (secondary N) is 1. The summed E-state index contributed by atoms with van der Waals surface area (Å²) in [4.78, 5) is 30.3. The van der Waals surface area contributed by atoms with Crippen LogP contribution in [0, 0.1) is 0 Å². The molecule has 0 radical (unpaired) electrons. The minimum absolute atomic E-state index is 0.0914. The van der Waals surface area contributed by atoms with Gasteiger partial charge in [0.25, 0.3) is 5.91 Å². The Labute approximate surface area is 187 Å². The number of hydrogen-bond donors (Lipinski definition) is 1. The van der Waals surface area contributed by atoms with Crippen LogP contribution in [-0.4, -0.2) is 24.0 Å². The van der Waals surface area contributed by atoms with Crippen molar-refractivity contribution in [2.75, 3.05) is 12.4 Å². The van der Waals surface area contributed by atoms with E-state index in [1.54, 1.807) is 59.9 Å². The molecule has 0 unspecified atom stereocenters. The summed E-state index contributed by atoms with van der Waals surface area (Å²) in [5.41, 5.74) is 1.69. The fourth-order valence-electron chi connectivity index (χ4n) is 2.85. The van der Waals surface area contributed by atoms with Crippen LogP contribution in [0.1, 0.15) is 16.1 Å². The van der Waals surface area contributed by atoms with Crippen molar-refractivity contribution < 1.29 is 19.1 Å². The molecule has 0 spiro atoms. The lowest BCUT2D eigenvalue weighted by Gasteiger charge is -2.09. The first-order valence-electron chi connectivity index (χ1n) is 9.36. The van der Waals surface area contributed by atoms with Gasteiger partial charge in [0.15, 0.2) is 0 Å².